The lowest BCUT2D eigenvalue weighted by Crippen LogP contribution is -2.47. The van der Waals surface area contributed by atoms with Gasteiger partial charge >= 0.3 is 13.9 Å². The molecule has 1 fully saturated rings. The molecular formula is C18H19B2FN2O6PS+. The van der Waals surface area contributed by atoms with Gasteiger partial charge in [0.15, 0.2) is 11.6 Å². The summed E-state index contributed by atoms with van der Waals surface area (Å²) < 4.78 is 36.9. The molecule has 4 rings (SSSR count). The van der Waals surface area contributed by atoms with Gasteiger partial charge in [-0.3, -0.25) is 14.1 Å². The number of aromatic nitrogens is 2. The first-order valence-corrected chi connectivity index (χ1v) is 11.4. The molecule has 31 heavy (non-hydrogen) atoms. The Hall–Kier alpha value is -1.55. The van der Waals surface area contributed by atoms with E-state index in [1.54, 1.807) is 0 Å². The van der Waals surface area contributed by atoms with Gasteiger partial charge in [-0.05, 0) is 38.3 Å². The molecule has 0 saturated carbocycles. The van der Waals surface area contributed by atoms with Crippen LogP contribution < -0.4 is 10.2 Å². The Balaban J connectivity index is 1.50. The summed E-state index contributed by atoms with van der Waals surface area (Å²) in [4.78, 5) is 25.1. The fourth-order valence-corrected chi connectivity index (χ4v) is 5.30. The third-order valence-electron chi connectivity index (χ3n) is 5.09. The summed E-state index contributed by atoms with van der Waals surface area (Å²) in [6.07, 6.45) is -0.253. The molecule has 2 aliphatic rings. The molecule has 13 heteroatoms. The topological polar surface area (TPSA) is 94.9 Å². The minimum absolute atomic E-state index is 0.0598. The second-order valence-electron chi connectivity index (χ2n) is 7.65. The molecule has 0 aliphatic carbocycles. The second kappa shape index (κ2) is 8.10. The summed E-state index contributed by atoms with van der Waals surface area (Å²) in [6, 6.07) is 3.79. The highest BCUT2D eigenvalue weighted by Crippen LogP contribution is 2.64. The quantitative estimate of drug-likeness (QED) is 0.409. The van der Waals surface area contributed by atoms with Gasteiger partial charge < -0.3 is 4.74 Å². The van der Waals surface area contributed by atoms with Crippen molar-refractivity contribution in [2.45, 2.75) is 51.0 Å². The predicted molar refractivity (Wildman–Crippen MR) is 115 cm³/mol. The molecule has 3 atom stereocenters. The molecule has 0 spiro atoms. The van der Waals surface area contributed by atoms with Gasteiger partial charge in [-0.15, -0.1) is 4.52 Å². The molecule has 4 radical (unpaired) electrons. The Labute approximate surface area is 186 Å². The summed E-state index contributed by atoms with van der Waals surface area (Å²) in [5.41, 5.74) is 1.97. The first kappa shape index (κ1) is 22.6. The van der Waals surface area contributed by atoms with Gasteiger partial charge in [-0.1, -0.05) is 23.8 Å². The fraction of sp³-hybridized carbons (Fsp3) is 0.444. The molecule has 0 bridgehead atoms. The number of nitrogens with zero attached hydrogens (tertiary/aromatic N) is 1. The van der Waals surface area contributed by atoms with Crippen LogP contribution in [0, 0.1) is 24.3 Å². The maximum Gasteiger partial charge on any atom is 0.618 e. The van der Waals surface area contributed by atoms with E-state index in [2.05, 4.69) is 4.98 Å². The Morgan fingerprint density at radius 3 is 2.87 bits per heavy atom. The second-order valence-corrected chi connectivity index (χ2v) is 9.62. The third-order valence-corrected chi connectivity index (χ3v) is 6.81. The molecule has 2 aromatic rings. The zero-order chi connectivity index (χ0) is 22.6. The Kier molecular flexibility index (Phi) is 5.91. The fourth-order valence-electron chi connectivity index (χ4n) is 3.71. The van der Waals surface area contributed by atoms with Crippen molar-refractivity contribution in [1.29, 1.82) is 0 Å². The first-order chi connectivity index (χ1) is 14.5. The summed E-state index contributed by atoms with van der Waals surface area (Å²) in [7, 11) is 8.30. The van der Waals surface area contributed by atoms with E-state index in [0.29, 0.717) is 12.2 Å². The van der Waals surface area contributed by atoms with Crippen molar-refractivity contribution >= 4 is 36.1 Å². The van der Waals surface area contributed by atoms with E-state index in [0.717, 1.165) is 27.5 Å². The highest BCUT2D eigenvalue weighted by molar-refractivity contribution is 7.71. The van der Waals surface area contributed by atoms with Crippen LogP contribution in [0.2, 0.25) is 0 Å². The molecule has 160 valence electrons. The van der Waals surface area contributed by atoms with E-state index in [1.165, 1.54) is 0 Å². The lowest BCUT2D eigenvalue weighted by Gasteiger charge is -2.33. The summed E-state index contributed by atoms with van der Waals surface area (Å²) in [5.74, 6) is -0.312. The maximum absolute atomic E-state index is 13.8. The van der Waals surface area contributed by atoms with Crippen molar-refractivity contribution in [1.82, 2.24) is 9.55 Å². The SMILES string of the molecule is [B]C([B])(O[P+]1(O)OCc2cc(C)cc(C)c2O1)C1CCC(n2cc(F)c(=S)[nH]c2=O)O1. The van der Waals surface area contributed by atoms with Gasteiger partial charge in [0.25, 0.3) is 0 Å². The first-order valence-electron chi connectivity index (χ1n) is 9.48. The number of aromatic amines is 1. The third kappa shape index (κ3) is 4.51. The van der Waals surface area contributed by atoms with Crippen LogP contribution in [0.15, 0.2) is 23.1 Å². The molecule has 1 aromatic heterocycles. The van der Waals surface area contributed by atoms with Crippen LogP contribution in [0.5, 0.6) is 5.75 Å². The molecule has 0 amide bonds. The smallest absolute Gasteiger partial charge is 0.353 e. The zero-order valence-corrected chi connectivity index (χ0v) is 18.5. The summed E-state index contributed by atoms with van der Waals surface area (Å²) in [5, 5.41) is -2.00. The van der Waals surface area contributed by atoms with E-state index in [9.17, 15) is 14.1 Å². The Bertz CT molecular complexity index is 1150. The van der Waals surface area contributed by atoms with Gasteiger partial charge in [-0.25, -0.2) is 9.18 Å². The van der Waals surface area contributed by atoms with Crippen molar-refractivity contribution in [2.24, 2.45) is 0 Å². The van der Waals surface area contributed by atoms with Crippen LogP contribution in [0.3, 0.4) is 0 Å². The molecule has 1 saturated heterocycles. The number of fused-ring (bicyclic) bond motifs is 1. The Morgan fingerprint density at radius 2 is 2.13 bits per heavy atom. The zero-order valence-electron chi connectivity index (χ0n) is 16.8. The lowest BCUT2D eigenvalue weighted by molar-refractivity contribution is -0.0563. The number of rotatable bonds is 4. The van der Waals surface area contributed by atoms with E-state index >= 15 is 0 Å². The molecule has 1 aromatic carbocycles. The number of halogens is 1. The standard InChI is InChI=1S/C18H18B2FN2O6PS/c1-9-5-10(2)15-11(6-9)8-26-30(25,28-15)29-18(19,20)13-3-4-14(27-13)23-7-12(21)16(31)22-17(23)24/h5-7,13-14,25H,3-4,8H2,1-2H3/p+1. The summed E-state index contributed by atoms with van der Waals surface area (Å²) in [6.45, 7) is 3.84. The van der Waals surface area contributed by atoms with Crippen LogP contribution in [0.25, 0.3) is 0 Å². The van der Waals surface area contributed by atoms with E-state index in [1.807, 2.05) is 26.0 Å². The number of hydrogen-bond acceptors (Lipinski definition) is 7. The predicted octanol–water partition coefficient (Wildman–Crippen LogP) is 2.63. The molecular weight excluding hydrogens is 444 g/mol. The van der Waals surface area contributed by atoms with Gasteiger partial charge in [0.2, 0.25) is 0 Å². The minimum atomic E-state index is -3.91. The lowest BCUT2D eigenvalue weighted by atomic mass is 9.61. The molecule has 3 heterocycles. The Morgan fingerprint density at radius 1 is 1.39 bits per heavy atom. The highest BCUT2D eigenvalue weighted by atomic mass is 32.1. The van der Waals surface area contributed by atoms with Crippen molar-refractivity contribution in [3.63, 3.8) is 0 Å². The molecule has 3 unspecified atom stereocenters. The number of aryl methyl sites for hydroxylation is 2. The largest absolute Gasteiger partial charge is 0.618 e. The van der Waals surface area contributed by atoms with Crippen molar-refractivity contribution in [3.8, 4) is 5.75 Å². The minimum Gasteiger partial charge on any atom is -0.353 e. The number of H-pyrrole nitrogens is 1. The van der Waals surface area contributed by atoms with Crippen LogP contribution in [-0.4, -0.2) is 41.6 Å². The van der Waals surface area contributed by atoms with Crippen LogP contribution in [0.4, 0.5) is 4.39 Å². The molecule has 8 nitrogen and oxygen atoms in total. The number of benzene rings is 1. The highest BCUT2D eigenvalue weighted by Gasteiger charge is 2.56. The van der Waals surface area contributed by atoms with Crippen LogP contribution in [-0.2, 0) is 20.4 Å². The van der Waals surface area contributed by atoms with Crippen LogP contribution in [0.1, 0.15) is 35.8 Å². The maximum atomic E-state index is 13.8. The summed E-state index contributed by atoms with van der Waals surface area (Å²) >= 11 is 4.71. The average Bonchev–Trinajstić information content (AvgIpc) is 3.16. The van der Waals surface area contributed by atoms with E-state index in [-0.39, 0.29) is 17.7 Å². The average molecular weight is 463 g/mol. The monoisotopic (exact) mass is 463 g/mol. The van der Waals surface area contributed by atoms with Crippen molar-refractivity contribution in [2.75, 3.05) is 0 Å². The van der Waals surface area contributed by atoms with Gasteiger partial charge in [0.05, 0.1) is 17.7 Å². The van der Waals surface area contributed by atoms with E-state index in [4.69, 9.17) is 46.2 Å². The van der Waals surface area contributed by atoms with Gasteiger partial charge in [-0.2, -0.15) is 9.42 Å². The van der Waals surface area contributed by atoms with Gasteiger partial charge in [0.1, 0.15) is 33.2 Å². The van der Waals surface area contributed by atoms with Crippen LogP contribution >= 0.6 is 20.4 Å². The number of nitrogens with one attached hydrogen (secondary N) is 1. The van der Waals surface area contributed by atoms with Gasteiger partial charge in [0, 0.05) is 5.56 Å². The molecule has 2 aliphatic heterocycles. The number of hydrogen-bond donors (Lipinski definition) is 2. The van der Waals surface area contributed by atoms with Crippen molar-refractivity contribution in [3.05, 3.63) is 56.0 Å². The number of ether oxygens (including phenoxy) is 1. The van der Waals surface area contributed by atoms with E-state index < -0.39 is 37.4 Å². The van der Waals surface area contributed by atoms with Crippen molar-refractivity contribution < 1.29 is 27.6 Å². The molecule has 2 N–H and O–H groups in total. The normalized spacial score (nSPS) is 25.8.